The lowest BCUT2D eigenvalue weighted by atomic mass is 10.3. The Bertz CT molecular complexity index is 554. The van der Waals surface area contributed by atoms with E-state index in [4.69, 9.17) is 0 Å². The fourth-order valence-electron chi connectivity index (χ4n) is 1.94. The molecule has 1 fully saturated rings. The topological polar surface area (TPSA) is 49.4 Å². The number of benzene rings is 1. The number of nitrogens with zero attached hydrogens (tertiary/aromatic N) is 1. The monoisotopic (exact) mass is 432 g/mol. The van der Waals surface area contributed by atoms with Crippen LogP contribution in [-0.4, -0.2) is 38.4 Å². The van der Waals surface area contributed by atoms with Gasteiger partial charge in [-0.1, -0.05) is 15.9 Å². The Morgan fingerprint density at radius 3 is 2.63 bits per heavy atom. The van der Waals surface area contributed by atoms with Crippen molar-refractivity contribution in [2.45, 2.75) is 17.9 Å². The predicted octanol–water partition coefficient (Wildman–Crippen LogP) is 2.62. The Balaban J connectivity index is 0.00000180. The second kappa shape index (κ2) is 6.87. The summed E-state index contributed by atoms with van der Waals surface area (Å²) in [7, 11) is -3.42. The smallest absolute Gasteiger partial charge is 0.244 e. The molecule has 1 atom stereocenters. The van der Waals surface area contributed by atoms with Crippen LogP contribution < -0.4 is 5.32 Å². The third kappa shape index (κ3) is 3.92. The summed E-state index contributed by atoms with van der Waals surface area (Å²) in [5, 5.41) is 3.23. The maximum absolute atomic E-state index is 12.5. The molecular weight excluding hydrogens is 419 g/mol. The van der Waals surface area contributed by atoms with Crippen LogP contribution in [0.5, 0.6) is 0 Å². The molecule has 4 nitrogen and oxygen atoms in total. The summed E-state index contributed by atoms with van der Waals surface area (Å²) in [6.45, 7) is 3.69. The highest BCUT2D eigenvalue weighted by molar-refractivity contribution is 9.11. The zero-order valence-electron chi connectivity index (χ0n) is 10.3. The fourth-order valence-corrected chi connectivity index (χ4v) is 5.17. The van der Waals surface area contributed by atoms with Crippen molar-refractivity contribution in [2.24, 2.45) is 0 Å². The summed E-state index contributed by atoms with van der Waals surface area (Å²) in [5.74, 6) is 0. The highest BCUT2D eigenvalue weighted by atomic mass is 79.9. The lowest BCUT2D eigenvalue weighted by molar-refractivity contribution is 0.310. The summed E-state index contributed by atoms with van der Waals surface area (Å²) < 4.78 is 28.0. The lowest BCUT2D eigenvalue weighted by Gasteiger charge is -2.31. The van der Waals surface area contributed by atoms with E-state index in [2.05, 4.69) is 37.2 Å². The molecule has 1 aromatic carbocycles. The van der Waals surface area contributed by atoms with Crippen molar-refractivity contribution < 1.29 is 8.42 Å². The number of rotatable bonds is 2. The normalized spacial score (nSPS) is 20.9. The maximum Gasteiger partial charge on any atom is 0.244 e. The minimum absolute atomic E-state index is 0. The highest BCUT2D eigenvalue weighted by Gasteiger charge is 2.29. The van der Waals surface area contributed by atoms with E-state index in [9.17, 15) is 8.42 Å². The molecule has 2 rings (SSSR count). The van der Waals surface area contributed by atoms with Gasteiger partial charge in [-0.2, -0.15) is 4.31 Å². The Morgan fingerprint density at radius 2 is 2.05 bits per heavy atom. The number of halogens is 3. The summed E-state index contributed by atoms with van der Waals surface area (Å²) in [6, 6.07) is 5.29. The van der Waals surface area contributed by atoms with Gasteiger partial charge in [0.25, 0.3) is 0 Å². The van der Waals surface area contributed by atoms with E-state index in [0.29, 0.717) is 29.0 Å². The van der Waals surface area contributed by atoms with Gasteiger partial charge in [0, 0.05) is 34.6 Å². The predicted molar refractivity (Wildman–Crippen MR) is 85.3 cm³/mol. The Kier molecular flexibility index (Phi) is 6.28. The lowest BCUT2D eigenvalue weighted by Crippen LogP contribution is -2.51. The van der Waals surface area contributed by atoms with Crippen molar-refractivity contribution in [2.75, 3.05) is 19.6 Å². The van der Waals surface area contributed by atoms with Gasteiger partial charge in [-0.25, -0.2) is 8.42 Å². The molecule has 0 saturated carbocycles. The van der Waals surface area contributed by atoms with Crippen molar-refractivity contribution in [3.63, 3.8) is 0 Å². The van der Waals surface area contributed by atoms with Crippen molar-refractivity contribution in [3.05, 3.63) is 27.1 Å². The molecule has 0 amide bonds. The van der Waals surface area contributed by atoms with Crippen LogP contribution in [-0.2, 0) is 10.0 Å². The molecular formula is C11H15Br2ClN2O2S. The van der Waals surface area contributed by atoms with Gasteiger partial charge in [-0.3, -0.25) is 0 Å². The number of sulfonamides is 1. The largest absolute Gasteiger partial charge is 0.312 e. The molecule has 1 N–H and O–H groups in total. The Morgan fingerprint density at radius 1 is 1.37 bits per heavy atom. The molecule has 1 aliphatic rings. The maximum atomic E-state index is 12.5. The summed E-state index contributed by atoms with van der Waals surface area (Å²) in [6.07, 6.45) is 0. The molecule has 0 spiro atoms. The molecule has 1 aliphatic heterocycles. The third-order valence-electron chi connectivity index (χ3n) is 2.84. The standard InChI is InChI=1S/C11H14Br2N2O2S.ClH/c1-8-7-15(5-4-14-8)18(16,17)11-3-2-9(12)6-10(11)13;/h2-3,6,8,14H,4-5,7H2,1H3;1H. The fraction of sp³-hybridized carbons (Fsp3) is 0.455. The van der Waals surface area contributed by atoms with Gasteiger partial charge in [0.15, 0.2) is 0 Å². The van der Waals surface area contributed by atoms with E-state index in [1.165, 1.54) is 4.31 Å². The molecule has 0 aromatic heterocycles. The molecule has 8 heteroatoms. The Hall–Kier alpha value is 0.340. The van der Waals surface area contributed by atoms with Crippen LogP contribution in [0, 0.1) is 0 Å². The molecule has 108 valence electrons. The molecule has 1 aromatic rings. The molecule has 0 aliphatic carbocycles. The second-order valence-electron chi connectivity index (χ2n) is 4.29. The van der Waals surface area contributed by atoms with Crippen LogP contribution in [0.1, 0.15) is 6.92 Å². The first kappa shape index (κ1) is 17.4. The van der Waals surface area contributed by atoms with E-state index < -0.39 is 10.0 Å². The molecule has 1 saturated heterocycles. The zero-order chi connectivity index (χ0) is 13.3. The van der Waals surface area contributed by atoms with Crippen LogP contribution in [0.3, 0.4) is 0 Å². The summed E-state index contributed by atoms with van der Waals surface area (Å²) >= 11 is 6.63. The van der Waals surface area contributed by atoms with Crippen molar-refractivity contribution in [3.8, 4) is 0 Å². The molecule has 1 heterocycles. The zero-order valence-corrected chi connectivity index (χ0v) is 15.1. The van der Waals surface area contributed by atoms with E-state index in [-0.39, 0.29) is 18.4 Å². The third-order valence-corrected chi connectivity index (χ3v) is 6.18. The average Bonchev–Trinajstić information content (AvgIpc) is 2.28. The van der Waals surface area contributed by atoms with Crippen LogP contribution >= 0.6 is 44.3 Å². The van der Waals surface area contributed by atoms with E-state index in [0.717, 1.165) is 4.47 Å². The van der Waals surface area contributed by atoms with Crippen molar-refractivity contribution in [1.29, 1.82) is 0 Å². The highest BCUT2D eigenvalue weighted by Crippen LogP contribution is 2.28. The Labute approximate surface area is 136 Å². The first-order valence-corrected chi connectivity index (χ1v) is 8.62. The number of piperazine rings is 1. The van der Waals surface area contributed by atoms with Gasteiger partial charge >= 0.3 is 0 Å². The van der Waals surface area contributed by atoms with Gasteiger partial charge in [-0.05, 0) is 41.1 Å². The first-order valence-electron chi connectivity index (χ1n) is 5.60. The van der Waals surface area contributed by atoms with Gasteiger partial charge in [0.2, 0.25) is 10.0 Å². The molecule has 0 bridgehead atoms. The van der Waals surface area contributed by atoms with Gasteiger partial charge in [-0.15, -0.1) is 12.4 Å². The molecule has 19 heavy (non-hydrogen) atoms. The van der Waals surface area contributed by atoms with Crippen LogP contribution in [0.2, 0.25) is 0 Å². The molecule has 0 radical (unpaired) electrons. The van der Waals surface area contributed by atoms with Crippen LogP contribution in [0.4, 0.5) is 0 Å². The number of hydrogen-bond acceptors (Lipinski definition) is 3. The number of nitrogens with one attached hydrogen (secondary N) is 1. The summed E-state index contributed by atoms with van der Waals surface area (Å²) in [5.41, 5.74) is 0. The van der Waals surface area contributed by atoms with Crippen LogP contribution in [0.25, 0.3) is 0 Å². The van der Waals surface area contributed by atoms with E-state index in [1.807, 2.05) is 6.92 Å². The van der Waals surface area contributed by atoms with Gasteiger partial charge in [0.1, 0.15) is 0 Å². The minimum atomic E-state index is -3.42. The summed E-state index contributed by atoms with van der Waals surface area (Å²) in [4.78, 5) is 0.319. The van der Waals surface area contributed by atoms with E-state index >= 15 is 0 Å². The van der Waals surface area contributed by atoms with Crippen molar-refractivity contribution >= 4 is 54.3 Å². The first-order chi connectivity index (χ1) is 8.41. The van der Waals surface area contributed by atoms with Crippen LogP contribution in [0.15, 0.2) is 32.0 Å². The quantitative estimate of drug-likeness (QED) is 0.779. The minimum Gasteiger partial charge on any atom is -0.312 e. The van der Waals surface area contributed by atoms with E-state index in [1.54, 1.807) is 18.2 Å². The SMILES string of the molecule is CC1CN(S(=O)(=O)c2ccc(Br)cc2Br)CCN1.Cl. The van der Waals surface area contributed by atoms with Gasteiger partial charge in [0.05, 0.1) is 4.90 Å². The van der Waals surface area contributed by atoms with Gasteiger partial charge < -0.3 is 5.32 Å². The number of hydrogen-bond donors (Lipinski definition) is 1. The molecule has 1 unspecified atom stereocenters. The average molecular weight is 435 g/mol. The van der Waals surface area contributed by atoms with Crippen molar-refractivity contribution in [1.82, 2.24) is 9.62 Å². The second-order valence-corrected chi connectivity index (χ2v) is 7.97.